The summed E-state index contributed by atoms with van der Waals surface area (Å²) >= 11 is 0. The fraction of sp³-hybridized carbons (Fsp3) is 0.500. The molecule has 3 aliphatic heterocycles. The van der Waals surface area contributed by atoms with Crippen molar-refractivity contribution in [1.29, 1.82) is 0 Å². The monoisotopic (exact) mass is 790 g/mol. The molecule has 1 saturated carbocycles. The number of piperidine rings is 2. The Labute approximate surface area is 340 Å². The van der Waals surface area contributed by atoms with Gasteiger partial charge in [-0.3, -0.25) is 29.4 Å². The number of carbonyl (C=O) groups excluding carboxylic acids is 4. The zero-order chi connectivity index (χ0) is 41.2. The number of hydrogen-bond donors (Lipinski definition) is 3. The maximum Gasteiger partial charge on any atom is 0.289 e. The number of nitrogens with zero attached hydrogens (tertiary/aromatic N) is 5. The number of carbonyl (C=O) groups is 4. The Kier molecular flexibility index (Phi) is 11.6. The molecule has 306 valence electrons. The van der Waals surface area contributed by atoms with Crippen molar-refractivity contribution in [3.8, 4) is 23.8 Å². The molecule has 1 aromatic heterocycles. The van der Waals surface area contributed by atoms with Crippen molar-refractivity contribution in [2.75, 3.05) is 62.7 Å². The Balaban J connectivity index is 0.835. The summed E-state index contributed by atoms with van der Waals surface area (Å²) in [6, 6.07) is 12.6. The Bertz CT molecular complexity index is 2030. The van der Waals surface area contributed by atoms with E-state index in [1.165, 1.54) is 0 Å². The fourth-order valence-electron chi connectivity index (χ4n) is 9.42. The van der Waals surface area contributed by atoms with Crippen LogP contribution in [0.4, 0.5) is 11.4 Å². The molecule has 3 aromatic rings. The third kappa shape index (κ3) is 8.45. The summed E-state index contributed by atoms with van der Waals surface area (Å²) in [5.41, 5.74) is 2.66. The molecule has 1 aliphatic carbocycles. The van der Waals surface area contributed by atoms with Gasteiger partial charge in [-0.2, -0.15) is 0 Å². The molecule has 2 aromatic carbocycles. The summed E-state index contributed by atoms with van der Waals surface area (Å²) < 4.78 is 11.9. The number of rotatable bonds is 11. The van der Waals surface area contributed by atoms with E-state index in [0.29, 0.717) is 28.5 Å². The Hall–Kier alpha value is -5.68. The lowest BCUT2D eigenvalue weighted by Crippen LogP contribution is -2.74. The van der Waals surface area contributed by atoms with E-state index < -0.39 is 17.9 Å². The summed E-state index contributed by atoms with van der Waals surface area (Å²) in [6.07, 6.45) is 11.4. The minimum atomic E-state index is -0.771. The van der Waals surface area contributed by atoms with Gasteiger partial charge in [-0.05, 0) is 61.6 Å². The maximum atomic E-state index is 13.5. The first-order valence-corrected chi connectivity index (χ1v) is 20.2. The number of amides is 4. The molecule has 3 saturated heterocycles. The van der Waals surface area contributed by atoms with Gasteiger partial charge < -0.3 is 29.9 Å². The number of nitrogens with one attached hydrogen (secondary N) is 3. The number of hydrogen-bond acceptors (Lipinski definition) is 11. The fourth-order valence-corrected chi connectivity index (χ4v) is 9.42. The highest BCUT2D eigenvalue weighted by Gasteiger charge is 2.64. The molecule has 0 radical (unpaired) electrons. The second-order valence-electron chi connectivity index (χ2n) is 17.1. The van der Waals surface area contributed by atoms with Crippen molar-refractivity contribution in [3.63, 3.8) is 0 Å². The van der Waals surface area contributed by atoms with Crippen LogP contribution < -0.4 is 35.2 Å². The van der Waals surface area contributed by atoms with Crippen molar-refractivity contribution in [1.82, 2.24) is 30.8 Å². The van der Waals surface area contributed by atoms with Crippen LogP contribution in [0.3, 0.4) is 0 Å². The number of aromatic nitrogens is 2. The molecule has 0 bridgehead atoms. The molecule has 58 heavy (non-hydrogen) atoms. The van der Waals surface area contributed by atoms with Crippen molar-refractivity contribution in [2.45, 2.75) is 71.6 Å². The topological polar surface area (TPSA) is 158 Å². The van der Waals surface area contributed by atoms with Gasteiger partial charge in [0, 0.05) is 86.4 Å². The second-order valence-corrected chi connectivity index (χ2v) is 17.1. The molecule has 0 unspecified atom stereocenters. The largest absolute Gasteiger partial charge is 0.495 e. The SMILES string of the molecule is C#Cc1ccc(OC2C(C)(C)C(NC(=O)c3ccc(N4CCC(CN5CCN(c6cnc(C(=O)N[C@H]7CCC(=O)NC7=O)nc6)CC5)CC4)cc3)C2(C)C)cc1OC. The second kappa shape index (κ2) is 16.7. The van der Waals surface area contributed by atoms with E-state index in [9.17, 15) is 19.2 Å². The van der Waals surface area contributed by atoms with Crippen LogP contribution in [0.1, 0.15) is 79.9 Å². The van der Waals surface area contributed by atoms with Gasteiger partial charge in [0.25, 0.3) is 11.8 Å². The van der Waals surface area contributed by atoms with E-state index in [1.54, 1.807) is 19.5 Å². The van der Waals surface area contributed by atoms with Gasteiger partial charge in [0.15, 0.2) is 0 Å². The van der Waals surface area contributed by atoms with Crippen LogP contribution in [-0.4, -0.2) is 110 Å². The number of ether oxygens (including phenoxy) is 2. The lowest BCUT2D eigenvalue weighted by atomic mass is 9.49. The van der Waals surface area contributed by atoms with E-state index in [1.807, 2.05) is 30.3 Å². The molecule has 14 heteroatoms. The Morgan fingerprint density at radius 3 is 2.14 bits per heavy atom. The number of benzene rings is 2. The molecule has 4 amide bonds. The first-order chi connectivity index (χ1) is 27.8. The highest BCUT2D eigenvalue weighted by molar-refractivity contribution is 6.03. The van der Waals surface area contributed by atoms with Gasteiger partial charge in [0.2, 0.25) is 17.6 Å². The maximum absolute atomic E-state index is 13.5. The van der Waals surface area contributed by atoms with E-state index >= 15 is 0 Å². The van der Waals surface area contributed by atoms with Crippen LogP contribution in [0.2, 0.25) is 0 Å². The highest BCUT2D eigenvalue weighted by atomic mass is 16.5. The van der Waals surface area contributed by atoms with Gasteiger partial charge in [-0.1, -0.05) is 33.6 Å². The molecular weight excluding hydrogens is 737 g/mol. The first-order valence-electron chi connectivity index (χ1n) is 20.2. The predicted molar refractivity (Wildman–Crippen MR) is 220 cm³/mol. The number of piperazine rings is 1. The highest BCUT2D eigenvalue weighted by Crippen LogP contribution is 2.55. The van der Waals surface area contributed by atoms with E-state index in [-0.39, 0.29) is 53.5 Å². The molecule has 7 rings (SSSR count). The Morgan fingerprint density at radius 2 is 1.52 bits per heavy atom. The van der Waals surface area contributed by atoms with Gasteiger partial charge in [0.1, 0.15) is 23.6 Å². The predicted octanol–water partition coefficient (Wildman–Crippen LogP) is 3.65. The minimum absolute atomic E-state index is 0.00955. The molecule has 0 spiro atoms. The van der Waals surface area contributed by atoms with Crippen molar-refractivity contribution < 1.29 is 28.7 Å². The quantitative estimate of drug-likeness (QED) is 0.193. The molecule has 4 heterocycles. The third-order valence-electron chi connectivity index (χ3n) is 12.4. The standard InChI is InChI=1S/C44H54N8O6/c1-7-29-10-13-33(24-35(29)57-6)58-42-43(2,3)41(44(42,4)5)49-38(54)30-8-11-31(12-9-30)51-18-16-28(17-19-51)27-50-20-22-52(23-21-50)32-25-45-37(46-26-32)40(56)47-34-14-15-36(53)48-39(34)55/h1,8-13,24-26,28,34,41-42H,14-23,27H2,2-6H3,(H,47,56)(H,49,54)(H,48,53,55)/t34-,41?,42?/m0/s1. The summed E-state index contributed by atoms with van der Waals surface area (Å²) in [5.74, 6) is 3.04. The van der Waals surface area contributed by atoms with Crippen molar-refractivity contribution in [3.05, 3.63) is 71.8 Å². The normalized spacial score (nSPS) is 23.2. The van der Waals surface area contributed by atoms with Crippen molar-refractivity contribution >= 4 is 35.0 Å². The zero-order valence-electron chi connectivity index (χ0n) is 34.0. The lowest BCUT2D eigenvalue weighted by Gasteiger charge is -2.63. The van der Waals surface area contributed by atoms with Crippen LogP contribution >= 0.6 is 0 Å². The smallest absolute Gasteiger partial charge is 0.289 e. The van der Waals surface area contributed by atoms with Crippen LogP contribution in [0.15, 0.2) is 54.9 Å². The summed E-state index contributed by atoms with van der Waals surface area (Å²) in [5, 5.41) is 8.17. The van der Waals surface area contributed by atoms with Gasteiger partial charge in [-0.25, -0.2) is 9.97 Å². The van der Waals surface area contributed by atoms with Crippen LogP contribution in [-0.2, 0) is 9.59 Å². The molecule has 3 N–H and O–H groups in total. The summed E-state index contributed by atoms with van der Waals surface area (Å²) in [4.78, 5) is 65.2. The molecule has 4 fully saturated rings. The molecular formula is C44H54N8O6. The molecule has 14 nitrogen and oxygen atoms in total. The third-order valence-corrected chi connectivity index (χ3v) is 12.4. The number of terminal acetylenes is 1. The number of imide groups is 1. The summed E-state index contributed by atoms with van der Waals surface area (Å²) in [7, 11) is 1.59. The van der Waals surface area contributed by atoms with Crippen LogP contribution in [0.25, 0.3) is 0 Å². The van der Waals surface area contributed by atoms with Crippen LogP contribution in [0.5, 0.6) is 11.5 Å². The average Bonchev–Trinajstić information content (AvgIpc) is 3.23. The Morgan fingerprint density at radius 1 is 0.862 bits per heavy atom. The number of anilines is 2. The van der Waals surface area contributed by atoms with Crippen LogP contribution in [0, 0.1) is 29.1 Å². The number of methoxy groups -OCH3 is 1. The van der Waals surface area contributed by atoms with Gasteiger partial charge in [-0.15, -0.1) is 6.42 Å². The van der Waals surface area contributed by atoms with E-state index in [0.717, 1.165) is 70.0 Å². The first kappa shape index (κ1) is 40.5. The van der Waals surface area contributed by atoms with E-state index in [2.05, 4.69) is 86.4 Å². The molecule has 1 atom stereocenters. The minimum Gasteiger partial charge on any atom is -0.495 e. The lowest BCUT2D eigenvalue weighted by molar-refractivity contribution is -0.164. The van der Waals surface area contributed by atoms with Crippen molar-refractivity contribution in [2.24, 2.45) is 16.7 Å². The molecule has 4 aliphatic rings. The van der Waals surface area contributed by atoms with E-state index in [4.69, 9.17) is 15.9 Å². The average molecular weight is 791 g/mol. The van der Waals surface area contributed by atoms with Gasteiger partial charge >= 0.3 is 0 Å². The summed E-state index contributed by atoms with van der Waals surface area (Å²) in [6.45, 7) is 15.1. The van der Waals surface area contributed by atoms with Gasteiger partial charge in [0.05, 0.1) is 30.8 Å². The zero-order valence-corrected chi connectivity index (χ0v) is 34.0.